The summed E-state index contributed by atoms with van der Waals surface area (Å²) in [6, 6.07) is 0. The van der Waals surface area contributed by atoms with E-state index in [-0.39, 0.29) is 5.56 Å². The molecule has 6 nitrogen and oxygen atoms in total. The van der Waals surface area contributed by atoms with E-state index in [4.69, 9.17) is 0 Å². The van der Waals surface area contributed by atoms with Crippen molar-refractivity contribution >= 4 is 11.8 Å². The Morgan fingerprint density at radius 3 is 2.84 bits per heavy atom. The molecule has 1 saturated heterocycles. The Hall–Kier alpha value is -1.69. The highest BCUT2D eigenvalue weighted by molar-refractivity contribution is 5.92. The van der Waals surface area contributed by atoms with Crippen LogP contribution in [0.1, 0.15) is 42.4 Å². The first-order chi connectivity index (χ1) is 8.89. The van der Waals surface area contributed by atoms with Gasteiger partial charge in [-0.3, -0.25) is 0 Å². The van der Waals surface area contributed by atoms with Gasteiger partial charge in [-0.05, 0) is 33.1 Å². The number of rotatable bonds is 2. The monoisotopic (exact) mass is 265 g/mol. The van der Waals surface area contributed by atoms with Gasteiger partial charge in [-0.25, -0.2) is 14.8 Å². The largest absolute Gasteiger partial charge is 0.477 e. The van der Waals surface area contributed by atoms with Crippen molar-refractivity contribution in [3.63, 3.8) is 0 Å². The maximum absolute atomic E-state index is 11.2. The molecule has 1 aliphatic heterocycles. The van der Waals surface area contributed by atoms with Crippen LogP contribution >= 0.6 is 0 Å². The average molecular weight is 265 g/mol. The van der Waals surface area contributed by atoms with Crippen LogP contribution in [0.15, 0.2) is 6.20 Å². The summed E-state index contributed by atoms with van der Waals surface area (Å²) >= 11 is 0. The fourth-order valence-electron chi connectivity index (χ4n) is 2.33. The molecule has 1 aliphatic rings. The number of aromatic carboxylic acids is 1. The quantitative estimate of drug-likeness (QED) is 0.836. The summed E-state index contributed by atoms with van der Waals surface area (Å²) in [5.41, 5.74) is -0.563. The third kappa shape index (κ3) is 3.20. The van der Waals surface area contributed by atoms with Crippen molar-refractivity contribution in [2.75, 3.05) is 18.0 Å². The van der Waals surface area contributed by atoms with E-state index >= 15 is 0 Å². The molecule has 0 radical (unpaired) electrons. The van der Waals surface area contributed by atoms with E-state index in [1.54, 1.807) is 6.92 Å². The van der Waals surface area contributed by atoms with Crippen molar-refractivity contribution in [1.82, 2.24) is 9.97 Å². The zero-order valence-corrected chi connectivity index (χ0v) is 11.3. The number of anilines is 1. The zero-order chi connectivity index (χ0) is 14.0. The van der Waals surface area contributed by atoms with E-state index in [9.17, 15) is 15.0 Å². The first-order valence-electron chi connectivity index (χ1n) is 6.43. The first kappa shape index (κ1) is 13.7. The lowest BCUT2D eigenvalue weighted by molar-refractivity contribution is 0.0481. The molecule has 1 aromatic rings. The minimum Gasteiger partial charge on any atom is -0.477 e. The van der Waals surface area contributed by atoms with E-state index in [1.165, 1.54) is 6.20 Å². The van der Waals surface area contributed by atoms with Crippen molar-refractivity contribution in [1.29, 1.82) is 0 Å². The fourth-order valence-corrected chi connectivity index (χ4v) is 2.33. The molecule has 1 unspecified atom stereocenters. The number of carboxylic acids is 1. The summed E-state index contributed by atoms with van der Waals surface area (Å²) in [6.45, 7) is 4.86. The second-order valence-electron chi connectivity index (χ2n) is 5.30. The molecule has 0 aliphatic carbocycles. The number of nitrogens with zero attached hydrogens (tertiary/aromatic N) is 3. The molecule has 0 aromatic carbocycles. The van der Waals surface area contributed by atoms with Crippen LogP contribution in [-0.2, 0) is 0 Å². The smallest absolute Gasteiger partial charge is 0.341 e. The van der Waals surface area contributed by atoms with Crippen LogP contribution in [0.2, 0.25) is 0 Å². The number of carboxylic acid groups (broad SMARTS) is 1. The highest BCUT2D eigenvalue weighted by atomic mass is 16.4. The lowest BCUT2D eigenvalue weighted by Crippen LogP contribution is -2.30. The van der Waals surface area contributed by atoms with Crippen molar-refractivity contribution in [2.45, 2.75) is 38.7 Å². The van der Waals surface area contributed by atoms with Gasteiger partial charge in [-0.15, -0.1) is 0 Å². The minimum atomic E-state index is -1.02. The van der Waals surface area contributed by atoms with Gasteiger partial charge >= 0.3 is 5.97 Å². The van der Waals surface area contributed by atoms with Crippen LogP contribution in [0.5, 0.6) is 0 Å². The first-order valence-corrected chi connectivity index (χ1v) is 6.43. The van der Waals surface area contributed by atoms with Crippen molar-refractivity contribution in [2.24, 2.45) is 0 Å². The van der Waals surface area contributed by atoms with Crippen molar-refractivity contribution in [3.8, 4) is 0 Å². The molecule has 0 bridgehead atoms. The zero-order valence-electron chi connectivity index (χ0n) is 11.3. The molecule has 2 N–H and O–H groups in total. The van der Waals surface area contributed by atoms with E-state index < -0.39 is 11.6 Å². The Bertz CT molecular complexity index is 488. The normalized spacial score (nSPS) is 24.1. The molecular formula is C13H19N3O3. The van der Waals surface area contributed by atoms with Gasteiger partial charge in [-0.1, -0.05) is 0 Å². The van der Waals surface area contributed by atoms with Crippen LogP contribution < -0.4 is 4.90 Å². The molecule has 19 heavy (non-hydrogen) atoms. The standard InChI is InChI=1S/C13H19N3O3/c1-9-14-8-10(12(17)18)11(15-9)16-6-3-4-13(2,19)5-7-16/h8,19H,3-7H2,1-2H3,(H,17,18). The summed E-state index contributed by atoms with van der Waals surface area (Å²) in [5, 5.41) is 19.3. The molecule has 2 heterocycles. The highest BCUT2D eigenvalue weighted by Gasteiger charge is 2.27. The van der Waals surface area contributed by atoms with Crippen LogP contribution in [0.3, 0.4) is 0 Å². The second kappa shape index (κ2) is 5.13. The lowest BCUT2D eigenvalue weighted by Gasteiger charge is -2.24. The predicted molar refractivity (Wildman–Crippen MR) is 70.4 cm³/mol. The summed E-state index contributed by atoms with van der Waals surface area (Å²) < 4.78 is 0. The van der Waals surface area contributed by atoms with Gasteiger partial charge in [0.1, 0.15) is 17.2 Å². The summed E-state index contributed by atoms with van der Waals surface area (Å²) in [4.78, 5) is 21.4. The van der Waals surface area contributed by atoms with Gasteiger partial charge < -0.3 is 15.1 Å². The minimum absolute atomic E-state index is 0.118. The number of carbonyl (C=O) groups is 1. The van der Waals surface area contributed by atoms with Crippen LogP contribution in [0.25, 0.3) is 0 Å². The molecule has 1 aromatic heterocycles. The third-order valence-electron chi connectivity index (χ3n) is 3.48. The number of hydrogen-bond donors (Lipinski definition) is 2. The van der Waals surface area contributed by atoms with E-state index in [2.05, 4.69) is 9.97 Å². The molecule has 1 fully saturated rings. The van der Waals surface area contributed by atoms with Gasteiger partial charge in [0.25, 0.3) is 0 Å². The summed E-state index contributed by atoms with van der Waals surface area (Å²) in [5.74, 6) is -0.0142. The Morgan fingerprint density at radius 2 is 2.16 bits per heavy atom. The Morgan fingerprint density at radius 1 is 1.42 bits per heavy atom. The van der Waals surface area contributed by atoms with Gasteiger partial charge in [0.2, 0.25) is 0 Å². The van der Waals surface area contributed by atoms with E-state index in [0.29, 0.717) is 31.2 Å². The van der Waals surface area contributed by atoms with Crippen molar-refractivity contribution < 1.29 is 15.0 Å². The molecule has 0 amide bonds. The van der Waals surface area contributed by atoms with Crippen LogP contribution in [0.4, 0.5) is 5.82 Å². The summed E-state index contributed by atoms with van der Waals surface area (Å²) in [6.07, 6.45) is 3.49. The summed E-state index contributed by atoms with van der Waals surface area (Å²) in [7, 11) is 0. The van der Waals surface area contributed by atoms with Gasteiger partial charge in [0, 0.05) is 19.3 Å². The number of aromatic nitrogens is 2. The second-order valence-corrected chi connectivity index (χ2v) is 5.30. The number of hydrogen-bond acceptors (Lipinski definition) is 5. The SMILES string of the molecule is Cc1ncc(C(=O)O)c(N2CCCC(C)(O)CC2)n1. The molecule has 2 rings (SSSR count). The Labute approximate surface area is 112 Å². The molecule has 104 valence electrons. The van der Waals surface area contributed by atoms with Gasteiger partial charge in [0.05, 0.1) is 5.60 Å². The van der Waals surface area contributed by atoms with Crippen molar-refractivity contribution in [3.05, 3.63) is 17.6 Å². The molecule has 0 saturated carbocycles. The Balaban J connectivity index is 2.30. The van der Waals surface area contributed by atoms with Crippen LogP contribution in [0, 0.1) is 6.92 Å². The maximum atomic E-state index is 11.2. The lowest BCUT2D eigenvalue weighted by atomic mass is 9.98. The topological polar surface area (TPSA) is 86.5 Å². The van der Waals surface area contributed by atoms with E-state index in [0.717, 1.165) is 12.8 Å². The molecule has 1 atom stereocenters. The molecule has 6 heteroatoms. The van der Waals surface area contributed by atoms with Crippen LogP contribution in [-0.4, -0.2) is 44.8 Å². The fraction of sp³-hybridized carbons (Fsp3) is 0.615. The highest BCUT2D eigenvalue weighted by Crippen LogP contribution is 2.26. The number of aryl methyl sites for hydroxylation is 1. The molecular weight excluding hydrogens is 246 g/mol. The molecule has 0 spiro atoms. The van der Waals surface area contributed by atoms with E-state index in [1.807, 2.05) is 11.8 Å². The average Bonchev–Trinajstić information content (AvgIpc) is 2.49. The predicted octanol–water partition coefficient (Wildman–Crippen LogP) is 1.22. The number of aliphatic hydroxyl groups is 1. The van der Waals surface area contributed by atoms with Gasteiger partial charge in [0.15, 0.2) is 0 Å². The van der Waals surface area contributed by atoms with Gasteiger partial charge in [-0.2, -0.15) is 0 Å². The third-order valence-corrected chi connectivity index (χ3v) is 3.48. The Kier molecular flexibility index (Phi) is 3.71. The maximum Gasteiger partial charge on any atom is 0.341 e.